The van der Waals surface area contributed by atoms with E-state index in [9.17, 15) is 4.79 Å². The van der Waals surface area contributed by atoms with Gasteiger partial charge in [-0.3, -0.25) is 4.79 Å². The largest absolute Gasteiger partial charge is 0.480 e. The van der Waals surface area contributed by atoms with Crippen molar-refractivity contribution in [2.75, 3.05) is 7.11 Å². The standard InChI is InChI=1S/C28H28N6O3/c1-4-22-32-33-23(37-22)17-29-27(35)20-16-21-25(31-28(20)36-3)30-26(34(21)5-2)24(18-12-8-6-9-13-18)19-14-10-7-11-15-19/h6-16,24H,4-5,17H2,1-3H3,(H,29,35). The van der Waals surface area contributed by atoms with Crippen molar-refractivity contribution in [3.63, 3.8) is 0 Å². The number of aromatic nitrogens is 5. The maximum absolute atomic E-state index is 13.2. The second-order valence-electron chi connectivity index (χ2n) is 8.48. The van der Waals surface area contributed by atoms with Crippen LogP contribution in [0, 0.1) is 0 Å². The number of ether oxygens (including phenoxy) is 1. The van der Waals surface area contributed by atoms with Gasteiger partial charge >= 0.3 is 0 Å². The fourth-order valence-corrected chi connectivity index (χ4v) is 4.46. The Bertz CT molecular complexity index is 1470. The molecular formula is C28H28N6O3. The molecule has 0 unspecified atom stereocenters. The van der Waals surface area contributed by atoms with E-state index in [1.165, 1.54) is 7.11 Å². The number of hydrogen-bond acceptors (Lipinski definition) is 7. The molecule has 3 heterocycles. The number of pyridine rings is 1. The fourth-order valence-electron chi connectivity index (χ4n) is 4.46. The Labute approximate surface area is 214 Å². The zero-order chi connectivity index (χ0) is 25.8. The van der Waals surface area contributed by atoms with E-state index in [0.717, 1.165) is 22.5 Å². The van der Waals surface area contributed by atoms with Crippen molar-refractivity contribution in [2.24, 2.45) is 0 Å². The van der Waals surface area contributed by atoms with Crippen LogP contribution in [0.15, 0.2) is 71.1 Å². The molecule has 5 aromatic rings. The average Bonchev–Trinajstić information content (AvgIpc) is 3.56. The van der Waals surface area contributed by atoms with Crippen LogP contribution in [-0.4, -0.2) is 37.7 Å². The molecule has 188 valence electrons. The molecule has 0 bridgehead atoms. The molecule has 0 aliphatic carbocycles. The Morgan fingerprint density at radius 3 is 2.19 bits per heavy atom. The number of carbonyl (C=O) groups is 1. The summed E-state index contributed by atoms with van der Waals surface area (Å²) in [6.45, 7) is 4.74. The Morgan fingerprint density at radius 1 is 0.973 bits per heavy atom. The highest BCUT2D eigenvalue weighted by Crippen LogP contribution is 2.34. The van der Waals surface area contributed by atoms with Gasteiger partial charge < -0.3 is 19.0 Å². The van der Waals surface area contributed by atoms with Crippen LogP contribution in [0.5, 0.6) is 5.88 Å². The van der Waals surface area contributed by atoms with Crippen LogP contribution in [0.4, 0.5) is 0 Å². The van der Waals surface area contributed by atoms with Gasteiger partial charge in [-0.1, -0.05) is 67.6 Å². The molecule has 5 rings (SSSR count). The summed E-state index contributed by atoms with van der Waals surface area (Å²) in [5.74, 6) is 1.46. The summed E-state index contributed by atoms with van der Waals surface area (Å²) in [6, 6.07) is 22.3. The van der Waals surface area contributed by atoms with Crippen molar-refractivity contribution in [3.8, 4) is 5.88 Å². The van der Waals surface area contributed by atoms with Crippen LogP contribution in [-0.2, 0) is 19.5 Å². The number of amides is 1. The zero-order valence-electron chi connectivity index (χ0n) is 21.0. The van der Waals surface area contributed by atoms with Crippen molar-refractivity contribution in [3.05, 3.63) is 101 Å². The van der Waals surface area contributed by atoms with Gasteiger partial charge in [-0.2, -0.15) is 4.98 Å². The summed E-state index contributed by atoms with van der Waals surface area (Å²) in [4.78, 5) is 22.7. The maximum Gasteiger partial charge on any atom is 0.257 e. The maximum atomic E-state index is 13.2. The van der Waals surface area contributed by atoms with Gasteiger partial charge in [0.2, 0.25) is 17.7 Å². The molecule has 0 aliphatic heterocycles. The zero-order valence-corrected chi connectivity index (χ0v) is 21.0. The minimum Gasteiger partial charge on any atom is -0.480 e. The second-order valence-corrected chi connectivity index (χ2v) is 8.48. The van der Waals surface area contributed by atoms with Crippen molar-refractivity contribution in [1.82, 2.24) is 30.0 Å². The van der Waals surface area contributed by atoms with Gasteiger partial charge in [0.05, 0.1) is 25.1 Å². The Kier molecular flexibility index (Phi) is 6.93. The first-order chi connectivity index (χ1) is 18.1. The number of benzene rings is 2. The SMILES string of the molecule is CCc1nnc(CNC(=O)c2cc3c(nc2OC)nc(C(c2ccccc2)c2ccccc2)n3CC)o1. The smallest absolute Gasteiger partial charge is 0.257 e. The molecule has 9 heteroatoms. The summed E-state index contributed by atoms with van der Waals surface area (Å²) in [5.41, 5.74) is 3.82. The van der Waals surface area contributed by atoms with Crippen molar-refractivity contribution in [2.45, 2.75) is 39.3 Å². The highest BCUT2D eigenvalue weighted by Gasteiger charge is 2.26. The molecule has 0 saturated carbocycles. The Hall–Kier alpha value is -4.53. The third-order valence-corrected chi connectivity index (χ3v) is 6.23. The molecule has 0 aliphatic rings. The molecule has 0 fully saturated rings. The third kappa shape index (κ3) is 4.80. The Morgan fingerprint density at radius 2 is 1.62 bits per heavy atom. The number of hydrogen-bond donors (Lipinski definition) is 1. The minimum absolute atomic E-state index is 0.106. The molecule has 1 N–H and O–H groups in total. The van der Waals surface area contributed by atoms with Gasteiger partial charge in [0.15, 0.2) is 5.65 Å². The molecule has 37 heavy (non-hydrogen) atoms. The predicted octanol–water partition coefficient (Wildman–Crippen LogP) is 4.52. The highest BCUT2D eigenvalue weighted by atomic mass is 16.5. The van der Waals surface area contributed by atoms with Gasteiger partial charge in [0.25, 0.3) is 5.91 Å². The van der Waals surface area contributed by atoms with E-state index in [0.29, 0.717) is 36.0 Å². The van der Waals surface area contributed by atoms with Gasteiger partial charge in [-0.05, 0) is 24.1 Å². The average molecular weight is 497 g/mol. The summed E-state index contributed by atoms with van der Waals surface area (Å²) in [6.07, 6.45) is 0.631. The molecule has 0 saturated heterocycles. The van der Waals surface area contributed by atoms with Crippen LogP contribution in [0.3, 0.4) is 0 Å². The lowest BCUT2D eigenvalue weighted by atomic mass is 9.90. The van der Waals surface area contributed by atoms with E-state index < -0.39 is 0 Å². The predicted molar refractivity (Wildman–Crippen MR) is 138 cm³/mol. The summed E-state index contributed by atoms with van der Waals surface area (Å²) in [7, 11) is 1.49. The lowest BCUT2D eigenvalue weighted by Gasteiger charge is -2.19. The first kappa shape index (κ1) is 24.2. The molecule has 0 atom stereocenters. The van der Waals surface area contributed by atoms with Crippen molar-refractivity contribution < 1.29 is 13.9 Å². The third-order valence-electron chi connectivity index (χ3n) is 6.23. The molecular weight excluding hydrogens is 468 g/mol. The topological polar surface area (TPSA) is 108 Å². The van der Waals surface area contributed by atoms with Crippen molar-refractivity contribution in [1.29, 1.82) is 0 Å². The Balaban J connectivity index is 1.57. The molecule has 9 nitrogen and oxygen atoms in total. The number of methoxy groups -OCH3 is 1. The molecule has 0 radical (unpaired) electrons. The summed E-state index contributed by atoms with van der Waals surface area (Å²) < 4.78 is 13.1. The lowest BCUT2D eigenvalue weighted by molar-refractivity contribution is 0.0943. The van der Waals surface area contributed by atoms with Crippen molar-refractivity contribution >= 4 is 17.1 Å². The monoisotopic (exact) mass is 496 g/mol. The normalized spacial score (nSPS) is 11.2. The van der Waals surface area contributed by atoms with E-state index >= 15 is 0 Å². The first-order valence-electron chi connectivity index (χ1n) is 12.3. The van der Waals surface area contributed by atoms with Gasteiger partial charge in [-0.15, -0.1) is 10.2 Å². The fraction of sp³-hybridized carbons (Fsp3) is 0.250. The number of rotatable bonds is 9. The van der Waals surface area contributed by atoms with Gasteiger partial charge in [-0.25, -0.2) is 4.98 Å². The second kappa shape index (κ2) is 10.6. The van der Waals surface area contributed by atoms with Crippen LogP contribution < -0.4 is 10.1 Å². The van der Waals surface area contributed by atoms with Gasteiger partial charge in [0, 0.05) is 13.0 Å². The number of fused-ring (bicyclic) bond motifs is 1. The van der Waals surface area contributed by atoms with Crippen LogP contribution in [0.2, 0.25) is 0 Å². The van der Waals surface area contributed by atoms with E-state index in [1.54, 1.807) is 6.07 Å². The number of nitrogens with one attached hydrogen (secondary N) is 1. The highest BCUT2D eigenvalue weighted by molar-refractivity contribution is 5.99. The summed E-state index contributed by atoms with van der Waals surface area (Å²) in [5, 5.41) is 10.7. The number of imidazole rings is 1. The minimum atomic E-state index is -0.351. The summed E-state index contributed by atoms with van der Waals surface area (Å²) >= 11 is 0. The molecule has 3 aromatic heterocycles. The van der Waals surface area contributed by atoms with Crippen LogP contribution in [0.1, 0.15) is 58.9 Å². The lowest BCUT2D eigenvalue weighted by Crippen LogP contribution is -2.24. The van der Waals surface area contributed by atoms with E-state index in [2.05, 4.69) is 56.3 Å². The number of carbonyl (C=O) groups excluding carboxylic acids is 1. The quantitative estimate of drug-likeness (QED) is 0.320. The van der Waals surface area contributed by atoms with E-state index in [4.69, 9.17) is 14.1 Å². The number of nitrogens with zero attached hydrogens (tertiary/aromatic N) is 5. The van der Waals surface area contributed by atoms with Crippen LogP contribution >= 0.6 is 0 Å². The van der Waals surface area contributed by atoms with E-state index in [1.807, 2.05) is 43.3 Å². The first-order valence-corrected chi connectivity index (χ1v) is 12.3. The number of aryl methyl sites for hydroxylation is 2. The molecule has 0 spiro atoms. The molecule has 1 amide bonds. The van der Waals surface area contributed by atoms with E-state index in [-0.39, 0.29) is 24.2 Å². The van der Waals surface area contributed by atoms with Crippen LogP contribution in [0.25, 0.3) is 11.2 Å². The molecule has 2 aromatic carbocycles. The van der Waals surface area contributed by atoms with Gasteiger partial charge in [0.1, 0.15) is 11.4 Å².